The lowest BCUT2D eigenvalue weighted by Gasteiger charge is -2.30. The standard InChI is InChI=1S/C7H17O4P/c1-5-10-7(3,11-6-2)12(4,8)9/h5-6H2,1-4H3,(H,8,9). The molecule has 74 valence electrons. The molecule has 12 heavy (non-hydrogen) atoms. The summed E-state index contributed by atoms with van der Waals surface area (Å²) in [6.07, 6.45) is 0. The molecule has 0 saturated heterocycles. The van der Waals surface area contributed by atoms with Gasteiger partial charge in [0.05, 0.1) is 0 Å². The third kappa shape index (κ3) is 2.87. The molecule has 0 amide bonds. The van der Waals surface area contributed by atoms with Crippen LogP contribution in [0.5, 0.6) is 0 Å². The van der Waals surface area contributed by atoms with Crippen molar-refractivity contribution in [1.82, 2.24) is 0 Å². The van der Waals surface area contributed by atoms with Crippen LogP contribution in [0.25, 0.3) is 0 Å². The molecule has 0 aromatic rings. The Bertz CT molecular complexity index is 168. The van der Waals surface area contributed by atoms with E-state index in [-0.39, 0.29) is 0 Å². The molecule has 0 aliphatic rings. The summed E-state index contributed by atoms with van der Waals surface area (Å²) in [6.45, 7) is 6.95. The first-order valence-corrected chi connectivity index (χ1v) is 6.06. The molecule has 0 fully saturated rings. The molecule has 0 radical (unpaired) electrons. The zero-order valence-electron chi connectivity index (χ0n) is 8.03. The van der Waals surface area contributed by atoms with Crippen molar-refractivity contribution in [2.75, 3.05) is 19.9 Å². The Labute approximate surface area is 73.3 Å². The van der Waals surface area contributed by atoms with Crippen LogP contribution in [0.2, 0.25) is 0 Å². The topological polar surface area (TPSA) is 55.8 Å². The highest BCUT2D eigenvalue weighted by Crippen LogP contribution is 2.52. The van der Waals surface area contributed by atoms with Crippen molar-refractivity contribution in [3.63, 3.8) is 0 Å². The molecular formula is C7H17O4P. The Hall–Kier alpha value is 0.110. The first-order valence-electron chi connectivity index (χ1n) is 3.95. The molecule has 1 N–H and O–H groups in total. The summed E-state index contributed by atoms with van der Waals surface area (Å²) in [7, 11) is -3.37. The van der Waals surface area contributed by atoms with E-state index in [0.717, 1.165) is 0 Å². The minimum Gasteiger partial charge on any atom is -0.342 e. The van der Waals surface area contributed by atoms with Gasteiger partial charge in [0.2, 0.25) is 5.53 Å². The van der Waals surface area contributed by atoms with E-state index < -0.39 is 12.9 Å². The lowest BCUT2D eigenvalue weighted by atomic mass is 10.7. The molecule has 0 aromatic carbocycles. The van der Waals surface area contributed by atoms with Crippen molar-refractivity contribution in [3.05, 3.63) is 0 Å². The van der Waals surface area contributed by atoms with Crippen LogP contribution in [0, 0.1) is 0 Å². The zero-order valence-corrected chi connectivity index (χ0v) is 8.93. The van der Waals surface area contributed by atoms with Gasteiger partial charge in [0, 0.05) is 19.9 Å². The maximum absolute atomic E-state index is 11.3. The first-order chi connectivity index (χ1) is 5.37. The van der Waals surface area contributed by atoms with Gasteiger partial charge in [-0.3, -0.25) is 4.57 Å². The number of ether oxygens (including phenoxy) is 2. The van der Waals surface area contributed by atoms with E-state index in [4.69, 9.17) is 9.47 Å². The Morgan fingerprint density at radius 1 is 1.33 bits per heavy atom. The van der Waals surface area contributed by atoms with Crippen LogP contribution in [-0.4, -0.2) is 30.3 Å². The van der Waals surface area contributed by atoms with E-state index in [0.29, 0.717) is 13.2 Å². The second-order valence-electron chi connectivity index (χ2n) is 2.64. The van der Waals surface area contributed by atoms with E-state index in [1.807, 2.05) is 0 Å². The smallest absolute Gasteiger partial charge is 0.255 e. The average molecular weight is 196 g/mol. The molecule has 0 aliphatic carbocycles. The first kappa shape index (κ1) is 12.1. The van der Waals surface area contributed by atoms with E-state index in [2.05, 4.69) is 0 Å². The van der Waals surface area contributed by atoms with Gasteiger partial charge in [-0.2, -0.15) is 0 Å². The molecule has 5 heteroatoms. The van der Waals surface area contributed by atoms with Crippen LogP contribution in [0.1, 0.15) is 20.8 Å². The third-order valence-electron chi connectivity index (χ3n) is 1.58. The summed E-state index contributed by atoms with van der Waals surface area (Å²) in [5.41, 5.74) is -1.35. The predicted molar refractivity (Wildman–Crippen MR) is 47.4 cm³/mol. The Balaban J connectivity index is 4.50. The second kappa shape index (κ2) is 4.38. The monoisotopic (exact) mass is 196 g/mol. The third-order valence-corrected chi connectivity index (χ3v) is 3.34. The van der Waals surface area contributed by atoms with Crippen molar-refractivity contribution in [2.45, 2.75) is 26.3 Å². The fraction of sp³-hybridized carbons (Fsp3) is 1.00. The van der Waals surface area contributed by atoms with Gasteiger partial charge in [-0.25, -0.2) is 0 Å². The average Bonchev–Trinajstić information content (AvgIpc) is 1.86. The zero-order chi connectivity index (χ0) is 9.83. The molecule has 0 aliphatic heterocycles. The molecule has 1 unspecified atom stereocenters. The molecule has 0 rings (SSSR count). The van der Waals surface area contributed by atoms with Crippen LogP contribution < -0.4 is 0 Å². The summed E-state index contributed by atoms with van der Waals surface area (Å²) in [5, 5.41) is 0. The largest absolute Gasteiger partial charge is 0.342 e. The molecule has 0 aromatic heterocycles. The fourth-order valence-corrected chi connectivity index (χ4v) is 1.55. The molecule has 1 atom stereocenters. The van der Waals surface area contributed by atoms with E-state index >= 15 is 0 Å². The van der Waals surface area contributed by atoms with Gasteiger partial charge >= 0.3 is 0 Å². The van der Waals surface area contributed by atoms with Crippen molar-refractivity contribution in [3.8, 4) is 0 Å². The maximum atomic E-state index is 11.3. The predicted octanol–water partition coefficient (Wildman–Crippen LogP) is 1.63. The minimum atomic E-state index is -3.37. The summed E-state index contributed by atoms with van der Waals surface area (Å²) in [6, 6.07) is 0. The summed E-state index contributed by atoms with van der Waals surface area (Å²) in [5.74, 6) is 0. The highest BCUT2D eigenvalue weighted by atomic mass is 31.2. The van der Waals surface area contributed by atoms with Gasteiger partial charge in [0.1, 0.15) is 0 Å². The SMILES string of the molecule is CCOC(C)(OCC)P(C)(=O)O. The number of hydrogen-bond donors (Lipinski definition) is 1. The van der Waals surface area contributed by atoms with E-state index in [1.54, 1.807) is 13.8 Å². The molecule has 0 bridgehead atoms. The number of rotatable bonds is 5. The molecular weight excluding hydrogens is 179 g/mol. The Kier molecular flexibility index (Phi) is 4.42. The minimum absolute atomic E-state index is 0.356. The van der Waals surface area contributed by atoms with E-state index in [1.165, 1.54) is 13.6 Å². The van der Waals surface area contributed by atoms with Gasteiger partial charge in [0.25, 0.3) is 7.37 Å². The van der Waals surface area contributed by atoms with Crippen LogP contribution >= 0.6 is 7.37 Å². The molecule has 0 heterocycles. The van der Waals surface area contributed by atoms with Crippen molar-refractivity contribution in [1.29, 1.82) is 0 Å². The van der Waals surface area contributed by atoms with Gasteiger partial charge in [-0.15, -0.1) is 0 Å². The highest BCUT2D eigenvalue weighted by molar-refractivity contribution is 7.58. The van der Waals surface area contributed by atoms with Crippen molar-refractivity contribution >= 4 is 7.37 Å². The quantitative estimate of drug-likeness (QED) is 0.536. The lowest BCUT2D eigenvalue weighted by Crippen LogP contribution is -2.32. The van der Waals surface area contributed by atoms with Crippen molar-refractivity contribution < 1.29 is 18.9 Å². The van der Waals surface area contributed by atoms with Crippen molar-refractivity contribution in [2.24, 2.45) is 0 Å². The highest BCUT2D eigenvalue weighted by Gasteiger charge is 2.41. The number of hydrogen-bond acceptors (Lipinski definition) is 3. The van der Waals surface area contributed by atoms with Crippen LogP contribution in [0.3, 0.4) is 0 Å². The normalized spacial score (nSPS) is 17.4. The molecule has 0 spiro atoms. The summed E-state index contributed by atoms with van der Waals surface area (Å²) < 4.78 is 21.5. The van der Waals surface area contributed by atoms with Gasteiger partial charge in [0.15, 0.2) is 0 Å². The van der Waals surface area contributed by atoms with Gasteiger partial charge in [-0.05, 0) is 20.8 Å². The molecule has 0 saturated carbocycles. The van der Waals surface area contributed by atoms with Crippen LogP contribution in [0.15, 0.2) is 0 Å². The lowest BCUT2D eigenvalue weighted by molar-refractivity contribution is -0.166. The Morgan fingerprint density at radius 3 is 1.83 bits per heavy atom. The van der Waals surface area contributed by atoms with Gasteiger partial charge in [-0.1, -0.05) is 0 Å². The van der Waals surface area contributed by atoms with E-state index in [9.17, 15) is 9.46 Å². The second-order valence-corrected chi connectivity index (χ2v) is 5.21. The van der Waals surface area contributed by atoms with Gasteiger partial charge < -0.3 is 14.4 Å². The summed E-state index contributed by atoms with van der Waals surface area (Å²) >= 11 is 0. The summed E-state index contributed by atoms with van der Waals surface area (Å²) in [4.78, 5) is 9.30. The molecule has 4 nitrogen and oxygen atoms in total. The van der Waals surface area contributed by atoms with Crippen LogP contribution in [0.4, 0.5) is 0 Å². The fourth-order valence-electron chi connectivity index (χ4n) is 0.817. The maximum Gasteiger partial charge on any atom is 0.255 e. The van der Waals surface area contributed by atoms with Crippen LogP contribution in [-0.2, 0) is 14.0 Å². The Morgan fingerprint density at radius 2 is 1.67 bits per heavy atom.